The number of hydrogen-bond donors (Lipinski definition) is 0. The summed E-state index contributed by atoms with van der Waals surface area (Å²) in [5.41, 5.74) is 3.06. The van der Waals surface area contributed by atoms with Crippen LogP contribution in [0.2, 0.25) is 0 Å². The number of carbonyl (C=O) groups is 1. The molecule has 1 amide bonds. The molecule has 0 saturated heterocycles. The van der Waals surface area contributed by atoms with Crippen molar-refractivity contribution in [1.82, 2.24) is 4.90 Å². The Morgan fingerprint density at radius 2 is 1.88 bits per heavy atom. The van der Waals surface area contributed by atoms with E-state index in [1.807, 2.05) is 40.9 Å². The van der Waals surface area contributed by atoms with Crippen LogP contribution in [0.3, 0.4) is 0 Å². The number of benzene rings is 2. The molecule has 2 aromatic rings. The molecule has 1 heterocycles. The monoisotopic (exact) mass is 368 g/mol. The summed E-state index contributed by atoms with van der Waals surface area (Å²) in [4.78, 5) is 18.7. The molecule has 138 valence electrons. The van der Waals surface area contributed by atoms with Gasteiger partial charge in [0.15, 0.2) is 0 Å². The Morgan fingerprint density at radius 1 is 1.15 bits per heavy atom. The van der Waals surface area contributed by atoms with E-state index in [1.54, 1.807) is 0 Å². The van der Waals surface area contributed by atoms with Gasteiger partial charge in [-0.05, 0) is 62.4 Å². The fourth-order valence-corrected chi connectivity index (χ4v) is 4.34. The summed E-state index contributed by atoms with van der Waals surface area (Å²) in [6, 6.07) is 16.9. The van der Waals surface area contributed by atoms with E-state index in [0.717, 1.165) is 43.1 Å². The molecule has 4 heteroatoms. The molecular formula is C22H28N2OS. The van der Waals surface area contributed by atoms with Crippen LogP contribution < -0.4 is 4.90 Å². The van der Waals surface area contributed by atoms with Crippen LogP contribution in [0.25, 0.3) is 0 Å². The maximum atomic E-state index is 13.1. The van der Waals surface area contributed by atoms with Crippen LogP contribution in [0.1, 0.15) is 43.1 Å². The van der Waals surface area contributed by atoms with Crippen molar-refractivity contribution in [2.24, 2.45) is 0 Å². The van der Waals surface area contributed by atoms with Gasteiger partial charge in [-0.1, -0.05) is 31.2 Å². The number of nitrogens with zero attached hydrogens (tertiary/aromatic N) is 2. The normalized spacial score (nSPS) is 14.4. The van der Waals surface area contributed by atoms with E-state index in [9.17, 15) is 4.79 Å². The predicted molar refractivity (Wildman–Crippen MR) is 111 cm³/mol. The Balaban J connectivity index is 1.78. The second-order valence-electron chi connectivity index (χ2n) is 6.98. The van der Waals surface area contributed by atoms with Crippen molar-refractivity contribution in [2.45, 2.75) is 44.7 Å². The molecule has 0 fully saturated rings. The van der Waals surface area contributed by atoms with Crippen molar-refractivity contribution in [3.05, 3.63) is 59.7 Å². The van der Waals surface area contributed by atoms with Crippen molar-refractivity contribution >= 4 is 23.4 Å². The molecule has 0 radical (unpaired) electrons. The Hall–Kier alpha value is -1.78. The molecule has 3 rings (SSSR count). The van der Waals surface area contributed by atoms with E-state index in [1.165, 1.54) is 10.5 Å². The summed E-state index contributed by atoms with van der Waals surface area (Å²) in [5, 5.41) is 0. The Kier molecular flexibility index (Phi) is 6.38. The van der Waals surface area contributed by atoms with Crippen LogP contribution in [0.4, 0.5) is 5.69 Å². The molecule has 0 aromatic heterocycles. The van der Waals surface area contributed by atoms with Gasteiger partial charge in [0.2, 0.25) is 0 Å². The van der Waals surface area contributed by atoms with Gasteiger partial charge in [0.25, 0.3) is 5.91 Å². The number of rotatable bonds is 5. The molecule has 0 saturated carbocycles. The van der Waals surface area contributed by atoms with Gasteiger partial charge in [0.1, 0.15) is 0 Å². The van der Waals surface area contributed by atoms with Crippen LogP contribution in [0.5, 0.6) is 0 Å². The van der Waals surface area contributed by atoms with Crippen molar-refractivity contribution in [3.63, 3.8) is 0 Å². The highest BCUT2D eigenvalue weighted by molar-refractivity contribution is 7.99. The Morgan fingerprint density at radius 3 is 2.58 bits per heavy atom. The number of para-hydroxylation sites is 1. The van der Waals surface area contributed by atoms with E-state index in [0.29, 0.717) is 6.04 Å². The summed E-state index contributed by atoms with van der Waals surface area (Å²) in [6.45, 7) is 9.35. The van der Waals surface area contributed by atoms with Gasteiger partial charge in [-0.15, -0.1) is 11.8 Å². The Bertz CT molecular complexity index is 742. The molecule has 0 unspecified atom stereocenters. The molecular weight excluding hydrogens is 340 g/mol. The van der Waals surface area contributed by atoms with Gasteiger partial charge in [0.05, 0.1) is 5.69 Å². The summed E-state index contributed by atoms with van der Waals surface area (Å²) >= 11 is 1.84. The highest BCUT2D eigenvalue weighted by Gasteiger charge is 2.22. The maximum Gasteiger partial charge on any atom is 0.258 e. The van der Waals surface area contributed by atoms with Crippen molar-refractivity contribution in [3.8, 4) is 0 Å². The summed E-state index contributed by atoms with van der Waals surface area (Å²) < 4.78 is 0. The molecule has 1 aliphatic heterocycles. The highest BCUT2D eigenvalue weighted by Crippen LogP contribution is 2.34. The van der Waals surface area contributed by atoms with Crippen LogP contribution in [-0.2, 0) is 6.54 Å². The molecule has 0 spiro atoms. The second-order valence-corrected chi connectivity index (χ2v) is 8.12. The number of thioether (sulfide) groups is 1. The fourth-order valence-electron chi connectivity index (χ4n) is 3.34. The van der Waals surface area contributed by atoms with E-state index >= 15 is 0 Å². The first-order chi connectivity index (χ1) is 12.6. The standard InChI is InChI=1S/C22H28N2OS/c1-4-23(17(2)3)16-18-10-12-19(13-11-18)22(25)24-14-7-15-26-21-9-6-5-8-20(21)24/h5-6,8-13,17H,4,7,14-16H2,1-3H3. The summed E-state index contributed by atoms with van der Waals surface area (Å²) in [6.07, 6.45) is 1.02. The molecule has 3 nitrogen and oxygen atoms in total. The summed E-state index contributed by atoms with van der Waals surface area (Å²) in [5.74, 6) is 1.16. The first-order valence-corrected chi connectivity index (χ1v) is 10.5. The fraction of sp³-hybridized carbons (Fsp3) is 0.409. The van der Waals surface area contributed by atoms with Crippen LogP contribution in [0.15, 0.2) is 53.4 Å². The largest absolute Gasteiger partial charge is 0.307 e. The molecule has 0 atom stereocenters. The van der Waals surface area contributed by atoms with Gasteiger partial charge in [0, 0.05) is 29.6 Å². The van der Waals surface area contributed by atoms with Crippen molar-refractivity contribution in [2.75, 3.05) is 23.7 Å². The molecule has 0 aliphatic carbocycles. The number of anilines is 1. The number of carbonyl (C=O) groups excluding carboxylic acids is 1. The zero-order chi connectivity index (χ0) is 18.5. The lowest BCUT2D eigenvalue weighted by Crippen LogP contribution is -2.32. The average Bonchev–Trinajstić information content (AvgIpc) is 2.88. The number of amides is 1. The van der Waals surface area contributed by atoms with Crippen molar-refractivity contribution in [1.29, 1.82) is 0 Å². The zero-order valence-corrected chi connectivity index (χ0v) is 16.8. The maximum absolute atomic E-state index is 13.1. The van der Waals surface area contributed by atoms with Gasteiger partial charge in [-0.2, -0.15) is 0 Å². The summed E-state index contributed by atoms with van der Waals surface area (Å²) in [7, 11) is 0. The number of hydrogen-bond acceptors (Lipinski definition) is 3. The second kappa shape index (κ2) is 8.74. The van der Waals surface area contributed by atoms with Crippen LogP contribution in [-0.4, -0.2) is 35.7 Å². The predicted octanol–water partition coefficient (Wildman–Crippen LogP) is 5.06. The van der Waals surface area contributed by atoms with Crippen molar-refractivity contribution < 1.29 is 4.79 Å². The third kappa shape index (κ3) is 4.30. The molecule has 26 heavy (non-hydrogen) atoms. The minimum absolute atomic E-state index is 0.0997. The minimum atomic E-state index is 0.0997. The lowest BCUT2D eigenvalue weighted by molar-refractivity contribution is 0.0986. The smallest absolute Gasteiger partial charge is 0.258 e. The molecule has 1 aliphatic rings. The number of fused-ring (bicyclic) bond motifs is 1. The molecule has 2 aromatic carbocycles. The van der Waals surface area contributed by atoms with E-state index < -0.39 is 0 Å². The zero-order valence-electron chi connectivity index (χ0n) is 15.9. The quantitative estimate of drug-likeness (QED) is 0.737. The first-order valence-electron chi connectivity index (χ1n) is 9.47. The lowest BCUT2D eigenvalue weighted by Gasteiger charge is -2.25. The lowest BCUT2D eigenvalue weighted by atomic mass is 10.1. The van der Waals surface area contributed by atoms with E-state index in [2.05, 4.69) is 49.9 Å². The third-order valence-electron chi connectivity index (χ3n) is 4.91. The topological polar surface area (TPSA) is 23.6 Å². The van der Waals surface area contributed by atoms with Gasteiger partial charge >= 0.3 is 0 Å². The van der Waals surface area contributed by atoms with Gasteiger partial charge in [-0.25, -0.2) is 0 Å². The highest BCUT2D eigenvalue weighted by atomic mass is 32.2. The van der Waals surface area contributed by atoms with Crippen LogP contribution >= 0.6 is 11.8 Å². The van der Waals surface area contributed by atoms with Crippen LogP contribution in [0, 0.1) is 0 Å². The average molecular weight is 369 g/mol. The minimum Gasteiger partial charge on any atom is -0.307 e. The van der Waals surface area contributed by atoms with Gasteiger partial charge < -0.3 is 4.90 Å². The van der Waals surface area contributed by atoms with E-state index in [-0.39, 0.29) is 5.91 Å². The SMILES string of the molecule is CCN(Cc1ccc(C(=O)N2CCCSc3ccccc32)cc1)C(C)C. The Labute approximate surface area is 161 Å². The third-order valence-corrected chi connectivity index (χ3v) is 6.06. The molecule has 0 bridgehead atoms. The van der Waals surface area contributed by atoms with E-state index in [4.69, 9.17) is 0 Å². The first kappa shape index (κ1) is 19.0. The molecule has 0 N–H and O–H groups in total. The van der Waals surface area contributed by atoms with Gasteiger partial charge in [-0.3, -0.25) is 9.69 Å².